The first kappa shape index (κ1) is 15.4. The highest BCUT2D eigenvalue weighted by Gasteiger charge is 2.01. The fourth-order valence-electron chi connectivity index (χ4n) is 1.84. The van der Waals surface area contributed by atoms with Crippen LogP contribution in [0.4, 0.5) is 0 Å². The molecule has 0 aromatic heterocycles. The van der Waals surface area contributed by atoms with Crippen molar-refractivity contribution in [2.24, 2.45) is 0 Å². The molecular formula is C13H26O3. The van der Waals surface area contributed by atoms with Gasteiger partial charge in [-0.25, -0.2) is 0 Å². The van der Waals surface area contributed by atoms with Crippen molar-refractivity contribution in [2.75, 3.05) is 0 Å². The Morgan fingerprint density at radius 1 is 1.00 bits per heavy atom. The molecule has 0 aliphatic rings. The summed E-state index contributed by atoms with van der Waals surface area (Å²) in [6, 6.07) is 0. The fourth-order valence-corrected chi connectivity index (χ4v) is 1.84. The number of unbranched alkanes of at least 4 members (excludes halogenated alkanes) is 5. The monoisotopic (exact) mass is 230 g/mol. The molecule has 0 spiro atoms. The second-order valence-electron chi connectivity index (χ2n) is 4.50. The minimum absolute atomic E-state index is 0.114. The largest absolute Gasteiger partial charge is 0.481 e. The molecule has 0 rings (SSSR count). The van der Waals surface area contributed by atoms with E-state index in [1.807, 2.05) is 0 Å². The van der Waals surface area contributed by atoms with Crippen molar-refractivity contribution in [2.45, 2.75) is 77.2 Å². The second kappa shape index (κ2) is 10.9. The Bertz CT molecular complexity index is 169. The van der Waals surface area contributed by atoms with Crippen molar-refractivity contribution in [3.8, 4) is 0 Å². The Morgan fingerprint density at radius 3 is 2.12 bits per heavy atom. The van der Waals surface area contributed by atoms with Crippen LogP contribution in [-0.4, -0.2) is 22.3 Å². The van der Waals surface area contributed by atoms with Crippen LogP contribution >= 0.6 is 0 Å². The minimum atomic E-state index is -0.692. The maximum absolute atomic E-state index is 10.2. The minimum Gasteiger partial charge on any atom is -0.481 e. The quantitative estimate of drug-likeness (QED) is 0.535. The molecule has 1 atom stereocenters. The van der Waals surface area contributed by atoms with Crippen LogP contribution in [0.5, 0.6) is 0 Å². The lowest BCUT2D eigenvalue weighted by molar-refractivity contribution is -0.137. The maximum Gasteiger partial charge on any atom is 0.303 e. The molecular weight excluding hydrogens is 204 g/mol. The molecule has 3 heteroatoms. The molecule has 0 saturated heterocycles. The van der Waals surface area contributed by atoms with Crippen molar-refractivity contribution in [1.29, 1.82) is 0 Å². The zero-order chi connectivity index (χ0) is 12.2. The van der Waals surface area contributed by atoms with Crippen molar-refractivity contribution in [3.63, 3.8) is 0 Å². The van der Waals surface area contributed by atoms with Crippen molar-refractivity contribution in [3.05, 3.63) is 0 Å². The summed E-state index contributed by atoms with van der Waals surface area (Å²) in [6.45, 7) is 2.09. The Balaban J connectivity index is 3.06. The molecule has 0 aliphatic carbocycles. The molecule has 3 nitrogen and oxygen atoms in total. The van der Waals surface area contributed by atoms with Gasteiger partial charge in [-0.2, -0.15) is 0 Å². The van der Waals surface area contributed by atoms with E-state index in [9.17, 15) is 9.90 Å². The third kappa shape index (κ3) is 11.5. The molecule has 0 aromatic carbocycles. The first-order chi connectivity index (χ1) is 7.66. The van der Waals surface area contributed by atoms with Crippen LogP contribution in [0.2, 0.25) is 0 Å². The first-order valence-corrected chi connectivity index (χ1v) is 6.56. The zero-order valence-electron chi connectivity index (χ0n) is 10.5. The number of aliphatic carboxylic acids is 1. The molecule has 0 radical (unpaired) electrons. The lowest BCUT2D eigenvalue weighted by Gasteiger charge is -2.08. The van der Waals surface area contributed by atoms with E-state index in [4.69, 9.17) is 5.11 Å². The van der Waals surface area contributed by atoms with E-state index < -0.39 is 5.97 Å². The lowest BCUT2D eigenvalue weighted by Crippen LogP contribution is -2.04. The summed E-state index contributed by atoms with van der Waals surface area (Å²) in [5.74, 6) is -0.692. The van der Waals surface area contributed by atoms with Gasteiger partial charge in [0, 0.05) is 6.42 Å². The standard InChI is InChI=1S/C13H26O3/c1-2-9-12(14)10-7-5-3-4-6-8-11-13(15)16/h12,14H,2-11H2,1H3,(H,15,16). The van der Waals surface area contributed by atoms with Crippen LogP contribution in [0.3, 0.4) is 0 Å². The normalized spacial score (nSPS) is 12.6. The molecule has 0 amide bonds. The predicted molar refractivity (Wildman–Crippen MR) is 65.5 cm³/mol. The third-order valence-electron chi connectivity index (χ3n) is 2.80. The van der Waals surface area contributed by atoms with Gasteiger partial charge in [0.1, 0.15) is 0 Å². The van der Waals surface area contributed by atoms with Crippen LogP contribution in [0.15, 0.2) is 0 Å². The number of carbonyl (C=O) groups is 1. The Hall–Kier alpha value is -0.570. The van der Waals surface area contributed by atoms with Gasteiger partial charge in [-0.05, 0) is 19.3 Å². The summed E-state index contributed by atoms with van der Waals surface area (Å²) in [5, 5.41) is 17.9. The van der Waals surface area contributed by atoms with Crippen LogP contribution in [0, 0.1) is 0 Å². The number of aliphatic hydroxyl groups is 1. The summed E-state index contributed by atoms with van der Waals surface area (Å²) in [7, 11) is 0. The van der Waals surface area contributed by atoms with Crippen LogP contribution in [0.1, 0.15) is 71.1 Å². The van der Waals surface area contributed by atoms with Gasteiger partial charge in [-0.3, -0.25) is 4.79 Å². The van der Waals surface area contributed by atoms with Gasteiger partial charge in [0.2, 0.25) is 0 Å². The van der Waals surface area contributed by atoms with Crippen molar-refractivity contribution in [1.82, 2.24) is 0 Å². The summed E-state index contributed by atoms with van der Waals surface area (Å²) in [4.78, 5) is 10.2. The van der Waals surface area contributed by atoms with E-state index in [-0.39, 0.29) is 6.10 Å². The molecule has 1 unspecified atom stereocenters. The Kier molecular flexibility index (Phi) is 10.5. The van der Waals surface area contributed by atoms with Gasteiger partial charge < -0.3 is 10.2 Å². The van der Waals surface area contributed by atoms with E-state index >= 15 is 0 Å². The van der Waals surface area contributed by atoms with Crippen LogP contribution < -0.4 is 0 Å². The SMILES string of the molecule is CCCC(O)CCCCCCCCC(=O)O. The number of carboxylic acids is 1. The average Bonchev–Trinajstić information content (AvgIpc) is 2.22. The molecule has 2 N–H and O–H groups in total. The molecule has 0 aromatic rings. The van der Waals surface area contributed by atoms with E-state index in [0.717, 1.165) is 51.4 Å². The summed E-state index contributed by atoms with van der Waals surface area (Å²) in [5.41, 5.74) is 0. The number of rotatable bonds is 11. The topological polar surface area (TPSA) is 57.5 Å². The Morgan fingerprint density at radius 2 is 1.56 bits per heavy atom. The molecule has 0 saturated carbocycles. The average molecular weight is 230 g/mol. The van der Waals surface area contributed by atoms with Gasteiger partial charge in [0.15, 0.2) is 0 Å². The zero-order valence-corrected chi connectivity index (χ0v) is 10.5. The number of aliphatic hydroxyl groups excluding tert-OH is 1. The molecule has 16 heavy (non-hydrogen) atoms. The summed E-state index contributed by atoms with van der Waals surface area (Å²) < 4.78 is 0. The highest BCUT2D eigenvalue weighted by Crippen LogP contribution is 2.11. The van der Waals surface area contributed by atoms with Crippen LogP contribution in [0.25, 0.3) is 0 Å². The molecule has 0 heterocycles. The predicted octanol–water partition coefficient (Wildman–Crippen LogP) is 3.35. The lowest BCUT2D eigenvalue weighted by atomic mass is 10.0. The molecule has 96 valence electrons. The second-order valence-corrected chi connectivity index (χ2v) is 4.50. The van der Waals surface area contributed by atoms with Gasteiger partial charge in [-0.1, -0.05) is 45.4 Å². The van der Waals surface area contributed by atoms with E-state index in [2.05, 4.69) is 6.92 Å². The van der Waals surface area contributed by atoms with Gasteiger partial charge >= 0.3 is 5.97 Å². The van der Waals surface area contributed by atoms with Gasteiger partial charge in [0.25, 0.3) is 0 Å². The van der Waals surface area contributed by atoms with Gasteiger partial charge in [0.05, 0.1) is 6.10 Å². The third-order valence-corrected chi connectivity index (χ3v) is 2.80. The highest BCUT2D eigenvalue weighted by molar-refractivity contribution is 5.66. The molecule has 0 fully saturated rings. The smallest absolute Gasteiger partial charge is 0.303 e. The van der Waals surface area contributed by atoms with Crippen molar-refractivity contribution < 1.29 is 15.0 Å². The van der Waals surface area contributed by atoms with E-state index in [1.54, 1.807) is 0 Å². The molecule has 0 aliphatic heterocycles. The first-order valence-electron chi connectivity index (χ1n) is 6.56. The van der Waals surface area contributed by atoms with E-state index in [1.165, 1.54) is 6.42 Å². The number of hydrogen-bond donors (Lipinski definition) is 2. The maximum atomic E-state index is 10.2. The van der Waals surface area contributed by atoms with E-state index in [0.29, 0.717) is 6.42 Å². The Labute approximate surface area is 98.9 Å². The summed E-state index contributed by atoms with van der Waals surface area (Å²) in [6.07, 6.45) is 9.44. The number of carboxylic acid groups (broad SMARTS) is 1. The van der Waals surface area contributed by atoms with Gasteiger partial charge in [-0.15, -0.1) is 0 Å². The van der Waals surface area contributed by atoms with Crippen molar-refractivity contribution >= 4 is 5.97 Å². The van der Waals surface area contributed by atoms with Crippen LogP contribution in [-0.2, 0) is 4.79 Å². The summed E-state index contributed by atoms with van der Waals surface area (Å²) >= 11 is 0. The molecule has 0 bridgehead atoms. The highest BCUT2D eigenvalue weighted by atomic mass is 16.4. The fraction of sp³-hybridized carbons (Fsp3) is 0.923. The number of hydrogen-bond acceptors (Lipinski definition) is 2.